The standard InChI is InChI=1S/C12H10BrFN4O2/c1-16-12(19)9-2-3-11(18-17-9)20-10-5-7(14)6(13)4-8(10)15/h2-5H,15H2,1H3,(H,16,19). The van der Waals surface area contributed by atoms with Gasteiger partial charge < -0.3 is 15.8 Å². The number of rotatable bonds is 3. The van der Waals surface area contributed by atoms with E-state index in [-0.39, 0.29) is 33.4 Å². The second-order valence-electron chi connectivity index (χ2n) is 3.74. The number of ether oxygens (including phenoxy) is 1. The van der Waals surface area contributed by atoms with E-state index in [1.54, 1.807) is 0 Å². The molecule has 0 aliphatic rings. The van der Waals surface area contributed by atoms with Gasteiger partial charge in [0.15, 0.2) is 11.4 Å². The minimum Gasteiger partial charge on any atom is -0.435 e. The van der Waals surface area contributed by atoms with Crippen LogP contribution in [0.25, 0.3) is 0 Å². The van der Waals surface area contributed by atoms with Gasteiger partial charge in [0, 0.05) is 19.2 Å². The van der Waals surface area contributed by atoms with Crippen molar-refractivity contribution in [2.75, 3.05) is 12.8 Å². The summed E-state index contributed by atoms with van der Waals surface area (Å²) < 4.78 is 19.0. The summed E-state index contributed by atoms with van der Waals surface area (Å²) in [6, 6.07) is 5.40. The van der Waals surface area contributed by atoms with E-state index < -0.39 is 5.82 Å². The highest BCUT2D eigenvalue weighted by atomic mass is 79.9. The molecule has 0 unspecified atom stereocenters. The van der Waals surface area contributed by atoms with Crippen molar-refractivity contribution in [3.63, 3.8) is 0 Å². The van der Waals surface area contributed by atoms with Gasteiger partial charge in [-0.2, -0.15) is 0 Å². The SMILES string of the molecule is CNC(=O)c1ccc(Oc2cc(F)c(Br)cc2N)nn1. The molecule has 6 nitrogen and oxygen atoms in total. The van der Waals surface area contributed by atoms with E-state index in [0.717, 1.165) is 6.07 Å². The largest absolute Gasteiger partial charge is 0.435 e. The first-order valence-electron chi connectivity index (χ1n) is 5.49. The molecular formula is C12H10BrFN4O2. The molecule has 1 aromatic heterocycles. The van der Waals surface area contributed by atoms with Crippen LogP contribution in [0.2, 0.25) is 0 Å². The van der Waals surface area contributed by atoms with Gasteiger partial charge in [0.25, 0.3) is 5.91 Å². The lowest BCUT2D eigenvalue weighted by molar-refractivity contribution is 0.0957. The summed E-state index contributed by atoms with van der Waals surface area (Å²) in [6.07, 6.45) is 0. The van der Waals surface area contributed by atoms with Crippen molar-refractivity contribution in [3.8, 4) is 11.6 Å². The predicted octanol–water partition coefficient (Wildman–Crippen LogP) is 2.11. The maximum atomic E-state index is 13.4. The van der Waals surface area contributed by atoms with E-state index in [1.165, 1.54) is 25.2 Å². The van der Waals surface area contributed by atoms with Crippen molar-refractivity contribution in [1.29, 1.82) is 0 Å². The average molecular weight is 341 g/mol. The number of nitrogens with zero attached hydrogens (tertiary/aromatic N) is 2. The van der Waals surface area contributed by atoms with Crippen molar-refractivity contribution in [2.45, 2.75) is 0 Å². The number of amides is 1. The predicted molar refractivity (Wildman–Crippen MR) is 74.0 cm³/mol. The van der Waals surface area contributed by atoms with Crippen molar-refractivity contribution in [1.82, 2.24) is 15.5 Å². The number of carbonyl (C=O) groups excluding carboxylic acids is 1. The Morgan fingerprint density at radius 1 is 1.40 bits per heavy atom. The fraction of sp³-hybridized carbons (Fsp3) is 0.0833. The quantitative estimate of drug-likeness (QED) is 0.835. The Labute approximate surface area is 122 Å². The normalized spacial score (nSPS) is 10.2. The first-order valence-corrected chi connectivity index (χ1v) is 6.28. The molecule has 3 N–H and O–H groups in total. The van der Waals surface area contributed by atoms with E-state index in [1.807, 2.05) is 0 Å². The average Bonchev–Trinajstić information content (AvgIpc) is 2.44. The number of halogens is 2. The minimum atomic E-state index is -0.510. The highest BCUT2D eigenvalue weighted by molar-refractivity contribution is 9.10. The Balaban J connectivity index is 2.22. The molecule has 0 atom stereocenters. The van der Waals surface area contributed by atoms with Crippen LogP contribution < -0.4 is 15.8 Å². The van der Waals surface area contributed by atoms with E-state index in [9.17, 15) is 9.18 Å². The zero-order valence-electron chi connectivity index (χ0n) is 10.4. The molecule has 0 aliphatic heterocycles. The number of nitrogen functional groups attached to an aromatic ring is 1. The van der Waals surface area contributed by atoms with Crippen LogP contribution in [0.15, 0.2) is 28.7 Å². The van der Waals surface area contributed by atoms with Gasteiger partial charge in [-0.25, -0.2) is 4.39 Å². The maximum absolute atomic E-state index is 13.4. The van der Waals surface area contributed by atoms with Crippen LogP contribution in [-0.2, 0) is 0 Å². The molecule has 1 amide bonds. The number of nitrogens with one attached hydrogen (secondary N) is 1. The zero-order valence-corrected chi connectivity index (χ0v) is 11.9. The third kappa shape index (κ3) is 3.02. The lowest BCUT2D eigenvalue weighted by Crippen LogP contribution is -2.19. The highest BCUT2D eigenvalue weighted by Gasteiger charge is 2.10. The van der Waals surface area contributed by atoms with Crippen LogP contribution in [0.1, 0.15) is 10.5 Å². The summed E-state index contributed by atoms with van der Waals surface area (Å²) in [5.41, 5.74) is 6.10. The van der Waals surface area contributed by atoms with E-state index >= 15 is 0 Å². The van der Waals surface area contributed by atoms with Gasteiger partial charge in [-0.15, -0.1) is 10.2 Å². The molecule has 0 aliphatic carbocycles. The summed E-state index contributed by atoms with van der Waals surface area (Å²) in [4.78, 5) is 11.3. The first-order chi connectivity index (χ1) is 9.51. The molecule has 0 radical (unpaired) electrons. The number of anilines is 1. The molecule has 2 rings (SSSR count). The summed E-state index contributed by atoms with van der Waals surface area (Å²) >= 11 is 3.02. The number of carbonyl (C=O) groups is 1. The molecule has 0 saturated heterocycles. The molecule has 0 bridgehead atoms. The molecule has 8 heteroatoms. The topological polar surface area (TPSA) is 90.1 Å². The molecule has 2 aromatic rings. The van der Waals surface area contributed by atoms with Gasteiger partial charge in [-0.05, 0) is 28.1 Å². The third-order valence-corrected chi connectivity index (χ3v) is 2.97. The zero-order chi connectivity index (χ0) is 14.7. The Kier molecular flexibility index (Phi) is 4.14. The Bertz CT molecular complexity index is 649. The van der Waals surface area contributed by atoms with Gasteiger partial charge >= 0.3 is 0 Å². The lowest BCUT2D eigenvalue weighted by atomic mass is 10.3. The lowest BCUT2D eigenvalue weighted by Gasteiger charge is -2.08. The fourth-order valence-electron chi connectivity index (χ4n) is 1.37. The second-order valence-corrected chi connectivity index (χ2v) is 4.60. The van der Waals surface area contributed by atoms with Gasteiger partial charge in [0.05, 0.1) is 10.2 Å². The molecule has 20 heavy (non-hydrogen) atoms. The molecule has 0 fully saturated rings. The van der Waals surface area contributed by atoms with Gasteiger partial charge in [-0.3, -0.25) is 4.79 Å². The number of benzene rings is 1. The van der Waals surface area contributed by atoms with Gasteiger partial charge in [0.1, 0.15) is 5.82 Å². The second kappa shape index (κ2) is 5.83. The van der Waals surface area contributed by atoms with Crippen LogP contribution in [0.5, 0.6) is 11.6 Å². The molecule has 1 heterocycles. The number of nitrogens with two attached hydrogens (primary N) is 1. The monoisotopic (exact) mass is 340 g/mol. The smallest absolute Gasteiger partial charge is 0.271 e. The third-order valence-electron chi connectivity index (χ3n) is 2.37. The summed E-state index contributed by atoms with van der Waals surface area (Å²) in [5.74, 6) is -0.652. The van der Waals surface area contributed by atoms with E-state index in [4.69, 9.17) is 10.5 Å². The van der Waals surface area contributed by atoms with Crippen molar-refractivity contribution in [2.24, 2.45) is 0 Å². The van der Waals surface area contributed by atoms with Crippen LogP contribution >= 0.6 is 15.9 Å². The van der Waals surface area contributed by atoms with Crippen molar-refractivity contribution < 1.29 is 13.9 Å². The number of aromatic nitrogens is 2. The first kappa shape index (κ1) is 14.2. The fourth-order valence-corrected chi connectivity index (χ4v) is 1.73. The van der Waals surface area contributed by atoms with Crippen molar-refractivity contribution >= 4 is 27.5 Å². The van der Waals surface area contributed by atoms with Crippen LogP contribution in [0.4, 0.5) is 10.1 Å². The van der Waals surface area contributed by atoms with Gasteiger partial charge in [-0.1, -0.05) is 0 Å². The van der Waals surface area contributed by atoms with E-state index in [0.29, 0.717) is 0 Å². The molecule has 0 spiro atoms. The maximum Gasteiger partial charge on any atom is 0.271 e. The number of hydrogen-bond donors (Lipinski definition) is 2. The molecular weight excluding hydrogens is 331 g/mol. The Morgan fingerprint density at radius 2 is 2.15 bits per heavy atom. The highest BCUT2D eigenvalue weighted by Crippen LogP contribution is 2.31. The van der Waals surface area contributed by atoms with Crippen molar-refractivity contribution in [3.05, 3.63) is 40.2 Å². The van der Waals surface area contributed by atoms with Gasteiger partial charge in [0.2, 0.25) is 5.88 Å². The van der Waals surface area contributed by atoms with Crippen LogP contribution in [-0.4, -0.2) is 23.2 Å². The molecule has 104 valence electrons. The summed E-state index contributed by atoms with van der Waals surface area (Å²) in [6.45, 7) is 0. The number of hydrogen-bond acceptors (Lipinski definition) is 5. The minimum absolute atomic E-state index is 0.103. The summed E-state index contributed by atoms with van der Waals surface area (Å²) in [7, 11) is 1.49. The van der Waals surface area contributed by atoms with Crippen LogP contribution in [0, 0.1) is 5.82 Å². The molecule has 0 saturated carbocycles. The van der Waals surface area contributed by atoms with Crippen LogP contribution in [0.3, 0.4) is 0 Å². The summed E-state index contributed by atoms with van der Waals surface area (Å²) in [5, 5.41) is 9.81. The Morgan fingerprint density at radius 3 is 2.75 bits per heavy atom. The molecule has 1 aromatic carbocycles. The van der Waals surface area contributed by atoms with E-state index in [2.05, 4.69) is 31.4 Å². The Hall–Kier alpha value is -2.22.